The summed E-state index contributed by atoms with van der Waals surface area (Å²) in [5.41, 5.74) is 0.760. The first-order valence-electron chi connectivity index (χ1n) is 7.09. The molecule has 1 aromatic carbocycles. The van der Waals surface area contributed by atoms with Gasteiger partial charge in [-0.3, -0.25) is 9.89 Å². The monoisotopic (exact) mass is 309 g/mol. The Bertz CT molecular complexity index is 804. The molecule has 23 heavy (non-hydrogen) atoms. The van der Waals surface area contributed by atoms with Crippen molar-refractivity contribution in [3.05, 3.63) is 47.8 Å². The van der Waals surface area contributed by atoms with Crippen molar-refractivity contribution in [2.75, 3.05) is 4.90 Å². The zero-order chi connectivity index (χ0) is 16.6. The molecule has 2 heterocycles. The van der Waals surface area contributed by atoms with E-state index in [0.717, 1.165) is 10.5 Å². The second-order valence-corrected chi connectivity index (χ2v) is 5.84. The number of aromatic amines is 1. The van der Waals surface area contributed by atoms with Crippen LogP contribution in [0.4, 0.5) is 10.5 Å². The van der Waals surface area contributed by atoms with E-state index in [1.165, 1.54) is 17.3 Å². The molecule has 0 bridgehead atoms. The first-order valence-corrected chi connectivity index (χ1v) is 7.09. The minimum Gasteiger partial charge on any atom is -0.305 e. The minimum atomic E-state index is -0.975. The molecule has 0 spiro atoms. The van der Waals surface area contributed by atoms with Gasteiger partial charge < -0.3 is 4.90 Å². The van der Waals surface area contributed by atoms with Crippen LogP contribution < -0.4 is 4.90 Å². The van der Waals surface area contributed by atoms with Crippen LogP contribution in [0.3, 0.4) is 0 Å². The summed E-state index contributed by atoms with van der Waals surface area (Å²) >= 11 is 0. The summed E-state index contributed by atoms with van der Waals surface area (Å²) in [4.78, 5) is 28.0. The first-order chi connectivity index (χ1) is 10.9. The van der Waals surface area contributed by atoms with Gasteiger partial charge in [0.05, 0.1) is 23.5 Å². The van der Waals surface area contributed by atoms with Crippen molar-refractivity contribution >= 4 is 17.6 Å². The highest BCUT2D eigenvalue weighted by Crippen LogP contribution is 2.32. The molecule has 1 aliphatic rings. The SMILES string of the molecule is CC1(C)C(=O)N(c2cn[nH]c2)C(=O)N1Cc1cccc(C#N)c1. The van der Waals surface area contributed by atoms with Gasteiger partial charge in [-0.25, -0.2) is 9.69 Å². The van der Waals surface area contributed by atoms with E-state index in [2.05, 4.69) is 16.3 Å². The maximum atomic E-state index is 12.7. The molecule has 3 amide bonds. The second-order valence-electron chi connectivity index (χ2n) is 5.84. The Hall–Kier alpha value is -3.14. The third-order valence-corrected chi connectivity index (χ3v) is 3.96. The highest BCUT2D eigenvalue weighted by atomic mass is 16.2. The number of benzene rings is 1. The molecule has 1 saturated heterocycles. The number of aromatic nitrogens is 2. The summed E-state index contributed by atoms with van der Waals surface area (Å²) < 4.78 is 0. The number of nitrogens with zero attached hydrogens (tertiary/aromatic N) is 4. The number of amides is 3. The number of H-pyrrole nitrogens is 1. The van der Waals surface area contributed by atoms with Crippen LogP contribution in [0, 0.1) is 11.3 Å². The van der Waals surface area contributed by atoms with Crippen LogP contribution >= 0.6 is 0 Å². The smallest absolute Gasteiger partial charge is 0.305 e. The van der Waals surface area contributed by atoms with Crippen molar-refractivity contribution in [1.82, 2.24) is 15.1 Å². The number of rotatable bonds is 3. The molecule has 3 rings (SSSR count). The van der Waals surface area contributed by atoms with Crippen molar-refractivity contribution in [2.45, 2.75) is 25.9 Å². The number of imide groups is 1. The maximum Gasteiger partial charge on any atom is 0.332 e. The summed E-state index contributed by atoms with van der Waals surface area (Å²) in [6.07, 6.45) is 2.94. The normalized spacial score (nSPS) is 16.7. The Morgan fingerprint density at radius 2 is 2.13 bits per heavy atom. The number of carbonyl (C=O) groups excluding carboxylic acids is 2. The third-order valence-electron chi connectivity index (χ3n) is 3.96. The second kappa shape index (κ2) is 5.25. The highest BCUT2D eigenvalue weighted by molar-refractivity contribution is 6.22. The third kappa shape index (κ3) is 2.34. The van der Waals surface area contributed by atoms with Gasteiger partial charge in [0.2, 0.25) is 0 Å². The molecule has 0 saturated carbocycles. The Morgan fingerprint density at radius 1 is 1.35 bits per heavy atom. The molecule has 0 unspecified atom stereocenters. The summed E-state index contributed by atoms with van der Waals surface area (Å²) in [5, 5.41) is 15.4. The number of hydrogen-bond donors (Lipinski definition) is 1. The van der Waals surface area contributed by atoms with Crippen molar-refractivity contribution < 1.29 is 9.59 Å². The molecule has 1 N–H and O–H groups in total. The number of nitrogens with one attached hydrogen (secondary N) is 1. The lowest BCUT2D eigenvalue weighted by Gasteiger charge is -2.27. The van der Waals surface area contributed by atoms with Crippen LogP contribution in [0.25, 0.3) is 0 Å². The molecule has 116 valence electrons. The van der Waals surface area contributed by atoms with Gasteiger partial charge in [0.1, 0.15) is 5.54 Å². The van der Waals surface area contributed by atoms with Crippen molar-refractivity contribution in [3.8, 4) is 6.07 Å². The fraction of sp³-hybridized carbons (Fsp3) is 0.250. The maximum absolute atomic E-state index is 12.7. The zero-order valence-electron chi connectivity index (χ0n) is 12.8. The Balaban J connectivity index is 1.94. The lowest BCUT2D eigenvalue weighted by Crippen LogP contribution is -2.43. The van der Waals surface area contributed by atoms with Crippen LogP contribution in [0.1, 0.15) is 25.0 Å². The molecule has 1 aliphatic heterocycles. The van der Waals surface area contributed by atoms with Crippen molar-refractivity contribution in [3.63, 3.8) is 0 Å². The predicted octanol–water partition coefficient (Wildman–Crippen LogP) is 2.03. The van der Waals surface area contributed by atoms with E-state index in [4.69, 9.17) is 5.26 Å². The van der Waals surface area contributed by atoms with Gasteiger partial charge in [-0.2, -0.15) is 10.4 Å². The fourth-order valence-corrected chi connectivity index (χ4v) is 2.62. The van der Waals surface area contributed by atoms with E-state index in [-0.39, 0.29) is 12.5 Å². The molecular formula is C16H15N5O2. The Labute approximate surface area is 133 Å². The van der Waals surface area contributed by atoms with E-state index in [9.17, 15) is 9.59 Å². The van der Waals surface area contributed by atoms with Crippen LogP contribution in [0.5, 0.6) is 0 Å². The minimum absolute atomic E-state index is 0.251. The zero-order valence-corrected chi connectivity index (χ0v) is 12.8. The molecule has 0 aliphatic carbocycles. The lowest BCUT2D eigenvalue weighted by molar-refractivity contribution is -0.123. The Kier molecular flexibility index (Phi) is 3.37. The quantitative estimate of drug-likeness (QED) is 0.878. The number of carbonyl (C=O) groups is 2. The summed E-state index contributed by atoms with van der Waals surface area (Å²) in [5.74, 6) is -0.305. The van der Waals surface area contributed by atoms with Crippen LogP contribution in [-0.4, -0.2) is 32.6 Å². The average molecular weight is 309 g/mol. The molecule has 0 radical (unpaired) electrons. The van der Waals surface area contributed by atoms with Gasteiger partial charge in [0.15, 0.2) is 0 Å². The van der Waals surface area contributed by atoms with Gasteiger partial charge in [0, 0.05) is 12.7 Å². The fourth-order valence-electron chi connectivity index (χ4n) is 2.62. The lowest BCUT2D eigenvalue weighted by atomic mass is 10.0. The van der Waals surface area contributed by atoms with E-state index in [1.807, 2.05) is 6.07 Å². The average Bonchev–Trinajstić information content (AvgIpc) is 3.11. The van der Waals surface area contributed by atoms with E-state index in [1.54, 1.807) is 32.0 Å². The highest BCUT2D eigenvalue weighted by Gasteiger charge is 2.51. The first kappa shape index (κ1) is 14.8. The van der Waals surface area contributed by atoms with Gasteiger partial charge >= 0.3 is 6.03 Å². The molecule has 0 atom stereocenters. The van der Waals surface area contributed by atoms with Crippen LogP contribution in [0.15, 0.2) is 36.7 Å². The largest absolute Gasteiger partial charge is 0.332 e. The van der Waals surface area contributed by atoms with Gasteiger partial charge in [0.25, 0.3) is 5.91 Å². The molecule has 1 aromatic heterocycles. The molecule has 7 nitrogen and oxygen atoms in total. The molecule has 7 heteroatoms. The predicted molar refractivity (Wildman–Crippen MR) is 82.2 cm³/mol. The number of hydrogen-bond acceptors (Lipinski definition) is 4. The molecule has 1 fully saturated rings. The van der Waals surface area contributed by atoms with E-state index >= 15 is 0 Å². The van der Waals surface area contributed by atoms with Crippen LogP contribution in [0.2, 0.25) is 0 Å². The van der Waals surface area contributed by atoms with Crippen molar-refractivity contribution in [1.29, 1.82) is 5.26 Å². The van der Waals surface area contributed by atoms with E-state index < -0.39 is 11.6 Å². The standard InChI is InChI=1S/C16H15N5O2/c1-16(2)14(22)21(13-8-18-19-9-13)15(23)20(16)10-12-5-3-4-11(6-12)7-17/h3-6,8-9H,10H2,1-2H3,(H,18,19). The van der Waals surface area contributed by atoms with Gasteiger partial charge in [-0.1, -0.05) is 12.1 Å². The molecular weight excluding hydrogens is 294 g/mol. The van der Waals surface area contributed by atoms with Gasteiger partial charge in [-0.15, -0.1) is 0 Å². The summed E-state index contributed by atoms with van der Waals surface area (Å²) in [6, 6.07) is 8.68. The van der Waals surface area contributed by atoms with E-state index in [0.29, 0.717) is 11.3 Å². The summed E-state index contributed by atoms with van der Waals surface area (Å²) in [6.45, 7) is 3.67. The van der Waals surface area contributed by atoms with Gasteiger partial charge in [-0.05, 0) is 31.5 Å². The number of urea groups is 1. The van der Waals surface area contributed by atoms with Crippen molar-refractivity contribution in [2.24, 2.45) is 0 Å². The topological polar surface area (TPSA) is 93.1 Å². The number of anilines is 1. The Morgan fingerprint density at radius 3 is 2.78 bits per heavy atom. The van der Waals surface area contributed by atoms with Crippen LogP contribution in [-0.2, 0) is 11.3 Å². The summed E-state index contributed by atoms with van der Waals surface area (Å²) in [7, 11) is 0. The molecule has 2 aromatic rings. The number of nitriles is 1.